The molecule has 0 saturated carbocycles. The number of carbonyl (C=O) groups excluding carboxylic acids is 2. The van der Waals surface area contributed by atoms with Crippen molar-refractivity contribution < 1.29 is 19.4 Å². The van der Waals surface area contributed by atoms with Crippen LogP contribution in [0, 0.1) is 5.41 Å². The first-order valence-electron chi connectivity index (χ1n) is 7.04. The Morgan fingerprint density at radius 1 is 1.37 bits per heavy atom. The maximum absolute atomic E-state index is 11.9. The van der Waals surface area contributed by atoms with Crippen molar-refractivity contribution in [3.05, 3.63) is 11.6 Å². The van der Waals surface area contributed by atoms with Crippen molar-refractivity contribution in [1.82, 2.24) is 0 Å². The Bertz CT molecular complexity index is 351. The van der Waals surface area contributed by atoms with E-state index in [-0.39, 0.29) is 30.4 Å². The van der Waals surface area contributed by atoms with Crippen molar-refractivity contribution in [3.8, 4) is 0 Å². The molecular formula is C15H24O4. The number of aliphatic hydroxyl groups excluding tert-OH is 1. The number of aliphatic hydroxyl groups is 1. The minimum absolute atomic E-state index is 0.0793. The average Bonchev–Trinajstić information content (AvgIpc) is 2.35. The molecule has 1 rings (SSSR count). The number of carbonyl (C=O) groups is 2. The summed E-state index contributed by atoms with van der Waals surface area (Å²) in [5.41, 5.74) is 0.725. The fraction of sp³-hybridized carbons (Fsp3) is 0.733. The molecular weight excluding hydrogens is 244 g/mol. The number of ether oxygens (including phenoxy) is 1. The van der Waals surface area contributed by atoms with Crippen LogP contribution in [0.3, 0.4) is 0 Å². The predicted octanol–water partition coefficient (Wildman–Crippen LogP) is 2.40. The molecule has 1 atom stereocenters. The second-order valence-electron chi connectivity index (χ2n) is 5.36. The van der Waals surface area contributed by atoms with Crippen LogP contribution in [0.4, 0.5) is 0 Å². The Kier molecular flexibility index (Phi) is 6.22. The number of hydrogen-bond acceptors (Lipinski definition) is 4. The normalized spacial score (nSPS) is 23.1. The van der Waals surface area contributed by atoms with Gasteiger partial charge in [-0.25, -0.2) is 0 Å². The van der Waals surface area contributed by atoms with Crippen LogP contribution in [0.2, 0.25) is 0 Å². The van der Waals surface area contributed by atoms with E-state index in [0.29, 0.717) is 19.3 Å². The van der Waals surface area contributed by atoms with Crippen LogP contribution in [0.25, 0.3) is 0 Å². The van der Waals surface area contributed by atoms with Gasteiger partial charge in [-0.05, 0) is 36.3 Å². The highest BCUT2D eigenvalue weighted by Crippen LogP contribution is 2.41. The Morgan fingerprint density at radius 2 is 2.11 bits per heavy atom. The van der Waals surface area contributed by atoms with E-state index in [9.17, 15) is 14.7 Å². The van der Waals surface area contributed by atoms with Crippen LogP contribution in [-0.2, 0) is 14.3 Å². The fourth-order valence-electron chi connectivity index (χ4n) is 2.86. The van der Waals surface area contributed by atoms with Crippen LogP contribution in [0.1, 0.15) is 52.4 Å². The third-order valence-corrected chi connectivity index (χ3v) is 3.65. The van der Waals surface area contributed by atoms with Crippen LogP contribution >= 0.6 is 0 Å². The molecule has 0 aliphatic heterocycles. The van der Waals surface area contributed by atoms with E-state index in [1.807, 2.05) is 0 Å². The zero-order valence-electron chi connectivity index (χ0n) is 11.9. The van der Waals surface area contributed by atoms with E-state index in [4.69, 9.17) is 4.74 Å². The van der Waals surface area contributed by atoms with Crippen LogP contribution < -0.4 is 0 Å². The lowest BCUT2D eigenvalue weighted by Crippen LogP contribution is -2.30. The van der Waals surface area contributed by atoms with Gasteiger partial charge in [-0.3, -0.25) is 9.59 Å². The zero-order chi connectivity index (χ0) is 14.3. The van der Waals surface area contributed by atoms with Gasteiger partial charge in [0.05, 0.1) is 0 Å². The summed E-state index contributed by atoms with van der Waals surface area (Å²) in [4.78, 5) is 23.0. The molecule has 0 aromatic rings. The molecule has 4 heteroatoms. The first-order chi connectivity index (χ1) is 9.05. The number of ketones is 1. The quantitative estimate of drug-likeness (QED) is 0.720. The van der Waals surface area contributed by atoms with Crippen molar-refractivity contribution in [2.75, 3.05) is 13.2 Å². The van der Waals surface area contributed by atoms with Gasteiger partial charge < -0.3 is 9.84 Å². The summed E-state index contributed by atoms with van der Waals surface area (Å²) in [7, 11) is 0. The van der Waals surface area contributed by atoms with Gasteiger partial charge in [-0.1, -0.05) is 20.3 Å². The highest BCUT2D eigenvalue weighted by atomic mass is 16.5. The molecule has 0 radical (unpaired) electrons. The molecule has 0 amide bonds. The Hall–Kier alpha value is -1.16. The molecule has 4 nitrogen and oxygen atoms in total. The zero-order valence-corrected chi connectivity index (χ0v) is 11.9. The van der Waals surface area contributed by atoms with Crippen molar-refractivity contribution >= 4 is 11.8 Å². The summed E-state index contributed by atoms with van der Waals surface area (Å²) >= 11 is 0. The molecule has 0 heterocycles. The van der Waals surface area contributed by atoms with Crippen molar-refractivity contribution in [3.63, 3.8) is 0 Å². The molecule has 0 saturated heterocycles. The standard InChI is InChI=1S/C15H24O4/c1-3-5-15(6-7-16)9-12(8-13(17)10-15)11-19-14(18)4-2/h8,16H,3-7,9-11H2,1-2H3. The lowest BCUT2D eigenvalue weighted by atomic mass is 9.69. The van der Waals surface area contributed by atoms with Gasteiger partial charge in [0.15, 0.2) is 5.78 Å². The van der Waals surface area contributed by atoms with Gasteiger partial charge >= 0.3 is 5.97 Å². The maximum Gasteiger partial charge on any atom is 0.305 e. The number of rotatable bonds is 7. The van der Waals surface area contributed by atoms with E-state index in [1.165, 1.54) is 0 Å². The Morgan fingerprint density at radius 3 is 2.68 bits per heavy atom. The summed E-state index contributed by atoms with van der Waals surface area (Å²) < 4.78 is 5.11. The molecule has 1 aliphatic rings. The van der Waals surface area contributed by atoms with Gasteiger partial charge in [-0.2, -0.15) is 0 Å². The molecule has 0 aromatic heterocycles. The van der Waals surface area contributed by atoms with Gasteiger partial charge in [0.2, 0.25) is 0 Å². The van der Waals surface area contributed by atoms with Crippen LogP contribution in [0.15, 0.2) is 11.6 Å². The highest BCUT2D eigenvalue weighted by Gasteiger charge is 2.35. The molecule has 0 spiro atoms. The summed E-state index contributed by atoms with van der Waals surface area (Å²) in [6, 6.07) is 0. The predicted molar refractivity (Wildman–Crippen MR) is 72.6 cm³/mol. The first kappa shape index (κ1) is 15.9. The highest BCUT2D eigenvalue weighted by molar-refractivity contribution is 5.92. The average molecular weight is 268 g/mol. The van der Waals surface area contributed by atoms with Crippen molar-refractivity contribution in [2.45, 2.75) is 52.4 Å². The third-order valence-electron chi connectivity index (χ3n) is 3.65. The lowest BCUT2D eigenvalue weighted by Gasteiger charge is -2.36. The Labute approximate surface area is 114 Å². The summed E-state index contributed by atoms with van der Waals surface area (Å²) in [5, 5.41) is 9.22. The lowest BCUT2D eigenvalue weighted by molar-refractivity contribution is -0.142. The van der Waals surface area contributed by atoms with Crippen molar-refractivity contribution in [2.24, 2.45) is 5.41 Å². The monoisotopic (exact) mass is 268 g/mol. The fourth-order valence-corrected chi connectivity index (χ4v) is 2.86. The van der Waals surface area contributed by atoms with E-state index in [1.54, 1.807) is 13.0 Å². The molecule has 1 N–H and O–H groups in total. The first-order valence-corrected chi connectivity index (χ1v) is 7.04. The van der Waals surface area contributed by atoms with Gasteiger partial charge in [-0.15, -0.1) is 0 Å². The van der Waals surface area contributed by atoms with Gasteiger partial charge in [0.1, 0.15) is 6.61 Å². The van der Waals surface area contributed by atoms with E-state index in [0.717, 1.165) is 24.8 Å². The van der Waals surface area contributed by atoms with E-state index < -0.39 is 0 Å². The number of hydrogen-bond donors (Lipinski definition) is 1. The molecule has 0 fully saturated rings. The molecule has 1 unspecified atom stereocenters. The van der Waals surface area contributed by atoms with Crippen LogP contribution in [0.5, 0.6) is 0 Å². The number of allylic oxidation sites excluding steroid dienone is 1. The summed E-state index contributed by atoms with van der Waals surface area (Å²) in [6.07, 6.45) is 5.71. The Balaban J connectivity index is 2.72. The second kappa shape index (κ2) is 7.43. The molecule has 19 heavy (non-hydrogen) atoms. The smallest absolute Gasteiger partial charge is 0.305 e. The van der Waals surface area contributed by atoms with Gasteiger partial charge in [0.25, 0.3) is 0 Å². The molecule has 0 bridgehead atoms. The third kappa shape index (κ3) is 4.78. The SMILES string of the molecule is CCCC1(CCO)CC(=O)C=C(COC(=O)CC)C1. The maximum atomic E-state index is 11.9. The van der Waals surface area contributed by atoms with E-state index in [2.05, 4.69) is 6.92 Å². The summed E-state index contributed by atoms with van der Waals surface area (Å²) in [6.45, 7) is 4.12. The minimum Gasteiger partial charge on any atom is -0.461 e. The van der Waals surface area contributed by atoms with Crippen LogP contribution in [-0.4, -0.2) is 30.1 Å². The molecule has 0 aromatic carbocycles. The van der Waals surface area contributed by atoms with Crippen molar-refractivity contribution in [1.29, 1.82) is 0 Å². The number of esters is 1. The largest absolute Gasteiger partial charge is 0.461 e. The topological polar surface area (TPSA) is 63.6 Å². The van der Waals surface area contributed by atoms with Gasteiger partial charge in [0, 0.05) is 19.4 Å². The molecule has 108 valence electrons. The molecule has 1 aliphatic carbocycles. The second-order valence-corrected chi connectivity index (χ2v) is 5.36. The van der Waals surface area contributed by atoms with E-state index >= 15 is 0 Å². The summed E-state index contributed by atoms with van der Waals surface area (Å²) in [5.74, 6) is -0.169. The minimum atomic E-state index is -0.248.